The Labute approximate surface area is 73.8 Å². The predicted molar refractivity (Wildman–Crippen MR) is 30.3 cm³/mol. The predicted octanol–water partition coefficient (Wildman–Crippen LogP) is 2.61. The molecule has 0 amide bonds. The molecular formula is C6H5F7O. The molecule has 84 valence electrons. The summed E-state index contributed by atoms with van der Waals surface area (Å²) in [4.78, 5) is 0. The molecule has 1 rings (SSSR count). The molecule has 0 saturated carbocycles. The quantitative estimate of drug-likeness (QED) is 0.657. The van der Waals surface area contributed by atoms with E-state index in [9.17, 15) is 30.7 Å². The molecule has 0 aromatic carbocycles. The highest BCUT2D eigenvalue weighted by Crippen LogP contribution is 2.50. The zero-order chi connectivity index (χ0) is 11.2. The molecule has 0 spiro atoms. The van der Waals surface area contributed by atoms with Gasteiger partial charge in [0.2, 0.25) is 0 Å². The second kappa shape index (κ2) is 2.98. The molecule has 1 aliphatic heterocycles. The molecular weight excluding hydrogens is 221 g/mol. The van der Waals surface area contributed by atoms with Gasteiger partial charge in [-0.05, 0) is 0 Å². The van der Waals surface area contributed by atoms with Crippen molar-refractivity contribution < 1.29 is 35.5 Å². The van der Waals surface area contributed by atoms with E-state index in [4.69, 9.17) is 0 Å². The molecule has 1 heterocycles. The van der Waals surface area contributed by atoms with Crippen LogP contribution in [0.15, 0.2) is 0 Å². The van der Waals surface area contributed by atoms with Crippen LogP contribution in [0.25, 0.3) is 0 Å². The highest BCUT2D eigenvalue weighted by atomic mass is 19.4. The maximum absolute atomic E-state index is 12.5. The lowest BCUT2D eigenvalue weighted by Gasteiger charge is -2.38. The lowest BCUT2D eigenvalue weighted by Crippen LogP contribution is -2.61. The fraction of sp³-hybridized carbons (Fsp3) is 1.00. The summed E-state index contributed by atoms with van der Waals surface area (Å²) in [5.41, 5.74) is 0. The Morgan fingerprint density at radius 1 is 0.929 bits per heavy atom. The first-order chi connectivity index (χ1) is 6.11. The van der Waals surface area contributed by atoms with Gasteiger partial charge in [-0.1, -0.05) is 0 Å². The SMILES string of the molecule is FC(F)(F)C(F)(F)C(F)(F)C1CCO1. The Balaban J connectivity index is 2.89. The van der Waals surface area contributed by atoms with Gasteiger partial charge in [0.25, 0.3) is 0 Å². The van der Waals surface area contributed by atoms with Gasteiger partial charge >= 0.3 is 18.0 Å². The third kappa shape index (κ3) is 1.45. The first-order valence-electron chi connectivity index (χ1n) is 3.54. The van der Waals surface area contributed by atoms with E-state index in [0.29, 0.717) is 0 Å². The zero-order valence-electron chi connectivity index (χ0n) is 6.55. The second-order valence-electron chi connectivity index (χ2n) is 2.84. The molecule has 8 heteroatoms. The van der Waals surface area contributed by atoms with Crippen LogP contribution < -0.4 is 0 Å². The molecule has 0 aromatic rings. The van der Waals surface area contributed by atoms with Gasteiger partial charge in [0, 0.05) is 13.0 Å². The van der Waals surface area contributed by atoms with Gasteiger partial charge in [-0.15, -0.1) is 0 Å². The Morgan fingerprint density at radius 2 is 1.36 bits per heavy atom. The average molecular weight is 226 g/mol. The smallest absolute Gasteiger partial charge is 0.371 e. The molecule has 14 heavy (non-hydrogen) atoms. The third-order valence-electron chi connectivity index (χ3n) is 1.88. The highest BCUT2D eigenvalue weighted by Gasteiger charge is 2.76. The standard InChI is InChI=1S/C6H5F7O/c7-4(8,3-1-2-14-3)5(9,10)6(11,12)13/h3H,1-2H2. The number of alkyl halides is 7. The van der Waals surface area contributed by atoms with Gasteiger partial charge in [-0.25, -0.2) is 0 Å². The van der Waals surface area contributed by atoms with Crippen molar-refractivity contribution in [2.45, 2.75) is 30.5 Å². The van der Waals surface area contributed by atoms with Gasteiger partial charge in [0.05, 0.1) is 0 Å². The van der Waals surface area contributed by atoms with E-state index in [1.54, 1.807) is 0 Å². The van der Waals surface area contributed by atoms with E-state index in [2.05, 4.69) is 4.74 Å². The molecule has 1 atom stereocenters. The number of hydrogen-bond acceptors (Lipinski definition) is 1. The minimum atomic E-state index is -6.27. The van der Waals surface area contributed by atoms with Gasteiger partial charge in [0.15, 0.2) is 0 Å². The lowest BCUT2D eigenvalue weighted by molar-refractivity contribution is -0.383. The van der Waals surface area contributed by atoms with Crippen LogP contribution in [-0.4, -0.2) is 30.7 Å². The molecule has 1 unspecified atom stereocenters. The summed E-state index contributed by atoms with van der Waals surface area (Å²) in [6.07, 6.45) is -9.12. The fourth-order valence-electron chi connectivity index (χ4n) is 0.913. The average Bonchev–Trinajstić information content (AvgIpc) is 1.78. The number of ether oxygens (including phenoxy) is 1. The summed E-state index contributed by atoms with van der Waals surface area (Å²) in [7, 11) is 0. The number of halogens is 7. The molecule has 0 bridgehead atoms. The van der Waals surface area contributed by atoms with Crippen molar-refractivity contribution in [1.82, 2.24) is 0 Å². The Kier molecular flexibility index (Phi) is 2.46. The third-order valence-corrected chi connectivity index (χ3v) is 1.88. The van der Waals surface area contributed by atoms with Crippen molar-refractivity contribution in [2.24, 2.45) is 0 Å². The highest BCUT2D eigenvalue weighted by molar-refractivity contribution is 4.98. The monoisotopic (exact) mass is 226 g/mol. The molecule has 1 nitrogen and oxygen atoms in total. The van der Waals surface area contributed by atoms with Crippen molar-refractivity contribution in [1.29, 1.82) is 0 Å². The summed E-state index contributed by atoms with van der Waals surface area (Å²) in [6, 6.07) is 0. The zero-order valence-corrected chi connectivity index (χ0v) is 6.55. The van der Waals surface area contributed by atoms with Gasteiger partial charge in [0.1, 0.15) is 6.10 Å². The molecule has 1 aliphatic rings. The summed E-state index contributed by atoms with van der Waals surface area (Å²) >= 11 is 0. The maximum Gasteiger partial charge on any atom is 0.459 e. The van der Waals surface area contributed by atoms with E-state index in [-0.39, 0.29) is 6.61 Å². The van der Waals surface area contributed by atoms with E-state index in [1.807, 2.05) is 0 Å². The van der Waals surface area contributed by atoms with E-state index in [1.165, 1.54) is 0 Å². The van der Waals surface area contributed by atoms with Gasteiger partial charge in [-0.2, -0.15) is 30.7 Å². The van der Waals surface area contributed by atoms with Crippen LogP contribution in [0.4, 0.5) is 30.7 Å². The normalized spacial score (nSPS) is 24.6. The van der Waals surface area contributed by atoms with E-state index in [0.717, 1.165) is 0 Å². The first kappa shape index (κ1) is 11.5. The van der Waals surface area contributed by atoms with Crippen LogP contribution in [0.1, 0.15) is 6.42 Å². The molecule has 0 aliphatic carbocycles. The minimum Gasteiger partial charge on any atom is -0.371 e. The van der Waals surface area contributed by atoms with E-state index < -0.39 is 30.5 Å². The topological polar surface area (TPSA) is 9.23 Å². The fourth-order valence-corrected chi connectivity index (χ4v) is 0.913. The van der Waals surface area contributed by atoms with Crippen LogP contribution in [0.5, 0.6) is 0 Å². The van der Waals surface area contributed by atoms with Gasteiger partial charge < -0.3 is 4.74 Å². The van der Waals surface area contributed by atoms with Crippen LogP contribution in [0.3, 0.4) is 0 Å². The van der Waals surface area contributed by atoms with Gasteiger partial charge in [-0.3, -0.25) is 0 Å². The van der Waals surface area contributed by atoms with Crippen molar-refractivity contribution >= 4 is 0 Å². The Morgan fingerprint density at radius 3 is 1.57 bits per heavy atom. The van der Waals surface area contributed by atoms with Crippen molar-refractivity contribution in [3.8, 4) is 0 Å². The largest absolute Gasteiger partial charge is 0.459 e. The second-order valence-corrected chi connectivity index (χ2v) is 2.84. The van der Waals surface area contributed by atoms with Crippen molar-refractivity contribution in [3.63, 3.8) is 0 Å². The Hall–Kier alpha value is -0.530. The van der Waals surface area contributed by atoms with Crippen molar-refractivity contribution in [3.05, 3.63) is 0 Å². The maximum atomic E-state index is 12.5. The Bertz CT molecular complexity index is 217. The van der Waals surface area contributed by atoms with E-state index >= 15 is 0 Å². The lowest BCUT2D eigenvalue weighted by atomic mass is 9.99. The van der Waals surface area contributed by atoms with Crippen LogP contribution in [0.2, 0.25) is 0 Å². The number of rotatable bonds is 2. The van der Waals surface area contributed by atoms with Crippen LogP contribution in [0, 0.1) is 0 Å². The molecule has 1 saturated heterocycles. The van der Waals surface area contributed by atoms with Crippen molar-refractivity contribution in [2.75, 3.05) is 6.61 Å². The molecule has 0 N–H and O–H groups in total. The number of hydrogen-bond donors (Lipinski definition) is 0. The molecule has 0 aromatic heterocycles. The van der Waals surface area contributed by atoms with Crippen LogP contribution >= 0.6 is 0 Å². The molecule has 1 fully saturated rings. The summed E-state index contributed by atoms with van der Waals surface area (Å²) in [5, 5.41) is 0. The van der Waals surface area contributed by atoms with Crippen LogP contribution in [-0.2, 0) is 4.74 Å². The summed E-state index contributed by atoms with van der Waals surface area (Å²) in [5.74, 6) is -11.3. The summed E-state index contributed by atoms with van der Waals surface area (Å²) < 4.78 is 88.2. The molecule has 0 radical (unpaired) electrons. The minimum absolute atomic E-state index is 0.228. The summed E-state index contributed by atoms with van der Waals surface area (Å²) in [6.45, 7) is -0.228. The first-order valence-corrected chi connectivity index (χ1v) is 3.54.